The normalized spacial score (nSPS) is 9.78. The fraction of sp³-hybridized carbons (Fsp3) is 0. The first-order chi connectivity index (χ1) is 8.60. The summed E-state index contributed by atoms with van der Waals surface area (Å²) < 4.78 is 0. The average Bonchev–Trinajstić information content (AvgIpc) is 2.38. The molecule has 0 N–H and O–H groups in total. The van der Waals surface area contributed by atoms with Crippen LogP contribution in [0, 0.1) is 21.4 Å². The topological polar surface area (TPSA) is 79.8 Å². The second kappa shape index (κ2) is 4.82. The van der Waals surface area contributed by atoms with Crippen molar-refractivity contribution in [1.82, 2.24) is 4.98 Å². The van der Waals surface area contributed by atoms with Gasteiger partial charge in [-0.15, -0.1) is 0 Å². The Morgan fingerprint density at radius 1 is 1.33 bits per heavy atom. The lowest BCUT2D eigenvalue weighted by Crippen LogP contribution is -1.92. The smallest absolute Gasteiger partial charge is 0.258 e. The van der Waals surface area contributed by atoms with E-state index in [1.807, 2.05) is 6.07 Å². The first-order valence-corrected chi connectivity index (χ1v) is 5.30. The van der Waals surface area contributed by atoms with Crippen LogP contribution in [0.2, 0.25) is 5.15 Å². The lowest BCUT2D eigenvalue weighted by Gasteiger charge is -2.02. The van der Waals surface area contributed by atoms with Crippen molar-refractivity contribution in [3.63, 3.8) is 0 Å². The van der Waals surface area contributed by atoms with Gasteiger partial charge >= 0.3 is 0 Å². The second-order valence-electron chi connectivity index (χ2n) is 3.48. The summed E-state index contributed by atoms with van der Waals surface area (Å²) in [5.41, 5.74) is 1.30. The first-order valence-electron chi connectivity index (χ1n) is 4.92. The molecule has 6 heteroatoms. The quantitative estimate of drug-likeness (QED) is 0.471. The zero-order chi connectivity index (χ0) is 13.1. The fourth-order valence-electron chi connectivity index (χ4n) is 1.48. The molecule has 0 aliphatic carbocycles. The summed E-state index contributed by atoms with van der Waals surface area (Å²) in [4.78, 5) is 14.2. The molecule has 1 aromatic carbocycles. The van der Waals surface area contributed by atoms with Crippen molar-refractivity contribution in [3.05, 3.63) is 57.2 Å². The highest BCUT2D eigenvalue weighted by molar-refractivity contribution is 6.29. The van der Waals surface area contributed by atoms with Crippen molar-refractivity contribution in [3.8, 4) is 17.3 Å². The predicted octanol–water partition coefficient (Wildman–Crippen LogP) is 3.18. The number of nitriles is 1. The molecule has 0 atom stereocenters. The van der Waals surface area contributed by atoms with Crippen LogP contribution in [0.25, 0.3) is 11.3 Å². The van der Waals surface area contributed by atoms with Crippen LogP contribution in [0.15, 0.2) is 36.4 Å². The number of nitrogens with zero attached hydrogens (tertiary/aromatic N) is 3. The Morgan fingerprint density at radius 3 is 2.78 bits per heavy atom. The van der Waals surface area contributed by atoms with E-state index >= 15 is 0 Å². The number of rotatable bonds is 2. The lowest BCUT2D eigenvalue weighted by atomic mass is 10.1. The van der Waals surface area contributed by atoms with E-state index in [2.05, 4.69) is 4.98 Å². The molecular weight excluding hydrogens is 254 g/mol. The van der Waals surface area contributed by atoms with E-state index in [1.165, 1.54) is 12.1 Å². The summed E-state index contributed by atoms with van der Waals surface area (Å²) in [6.45, 7) is 0. The van der Waals surface area contributed by atoms with Gasteiger partial charge in [-0.3, -0.25) is 10.1 Å². The van der Waals surface area contributed by atoms with E-state index in [9.17, 15) is 10.1 Å². The zero-order valence-corrected chi connectivity index (χ0v) is 9.76. The molecule has 2 rings (SSSR count). The maximum atomic E-state index is 10.7. The molecule has 0 radical (unpaired) electrons. The molecule has 18 heavy (non-hydrogen) atoms. The standard InChI is InChI=1S/C12H6ClN3O2/c13-12-6-10(16(17)18)5-11(15-12)9-3-1-2-8(4-9)7-14/h1-6H. The zero-order valence-electron chi connectivity index (χ0n) is 9.00. The molecule has 5 nitrogen and oxygen atoms in total. The number of nitro groups is 1. The number of benzene rings is 1. The number of hydrogen-bond acceptors (Lipinski definition) is 4. The molecule has 0 aliphatic rings. The highest BCUT2D eigenvalue weighted by Crippen LogP contribution is 2.25. The third-order valence-corrected chi connectivity index (χ3v) is 2.47. The van der Waals surface area contributed by atoms with Crippen LogP contribution in [0.4, 0.5) is 5.69 Å². The van der Waals surface area contributed by atoms with Crippen molar-refractivity contribution < 1.29 is 4.92 Å². The van der Waals surface area contributed by atoms with E-state index in [0.717, 1.165) is 0 Å². The van der Waals surface area contributed by atoms with E-state index in [-0.39, 0.29) is 10.8 Å². The van der Waals surface area contributed by atoms with Crippen LogP contribution in [0.3, 0.4) is 0 Å². The highest BCUT2D eigenvalue weighted by atomic mass is 35.5. The third-order valence-electron chi connectivity index (χ3n) is 2.28. The van der Waals surface area contributed by atoms with Gasteiger partial charge in [-0.1, -0.05) is 23.7 Å². The molecular formula is C12H6ClN3O2. The molecule has 0 amide bonds. The van der Waals surface area contributed by atoms with Crippen molar-refractivity contribution >= 4 is 17.3 Å². The molecule has 88 valence electrons. The second-order valence-corrected chi connectivity index (χ2v) is 3.87. The van der Waals surface area contributed by atoms with Crippen LogP contribution < -0.4 is 0 Å². The Kier molecular flexibility index (Phi) is 3.22. The van der Waals surface area contributed by atoms with Crippen LogP contribution >= 0.6 is 11.6 Å². The van der Waals surface area contributed by atoms with Gasteiger partial charge < -0.3 is 0 Å². The van der Waals surface area contributed by atoms with Crippen LogP contribution in [0.1, 0.15) is 5.56 Å². The minimum absolute atomic E-state index is 0.0431. The maximum Gasteiger partial charge on any atom is 0.274 e. The monoisotopic (exact) mass is 259 g/mol. The lowest BCUT2D eigenvalue weighted by molar-refractivity contribution is -0.384. The van der Waals surface area contributed by atoms with E-state index < -0.39 is 4.92 Å². The van der Waals surface area contributed by atoms with Gasteiger partial charge in [0.1, 0.15) is 5.15 Å². The van der Waals surface area contributed by atoms with Gasteiger partial charge in [0.25, 0.3) is 5.69 Å². The Morgan fingerprint density at radius 2 is 2.11 bits per heavy atom. The van der Waals surface area contributed by atoms with Crippen molar-refractivity contribution in [2.45, 2.75) is 0 Å². The number of hydrogen-bond donors (Lipinski definition) is 0. The largest absolute Gasteiger partial charge is 0.274 e. The van der Waals surface area contributed by atoms with E-state index in [0.29, 0.717) is 16.8 Å². The summed E-state index contributed by atoms with van der Waals surface area (Å²) in [5, 5.41) is 19.6. The Bertz CT molecular complexity index is 665. The molecule has 0 unspecified atom stereocenters. The molecule has 2 aromatic rings. The molecule has 0 saturated carbocycles. The van der Waals surface area contributed by atoms with Crippen LogP contribution in [0.5, 0.6) is 0 Å². The van der Waals surface area contributed by atoms with Gasteiger partial charge in [0, 0.05) is 11.6 Å². The summed E-state index contributed by atoms with van der Waals surface area (Å²) in [7, 11) is 0. The van der Waals surface area contributed by atoms with Gasteiger partial charge in [-0.2, -0.15) is 5.26 Å². The van der Waals surface area contributed by atoms with E-state index in [1.54, 1.807) is 24.3 Å². The summed E-state index contributed by atoms with van der Waals surface area (Å²) >= 11 is 5.74. The average molecular weight is 260 g/mol. The number of halogens is 1. The Hall–Kier alpha value is -2.45. The SMILES string of the molecule is N#Cc1cccc(-c2cc([N+](=O)[O-])cc(Cl)n2)c1. The van der Waals surface area contributed by atoms with Gasteiger partial charge in [-0.25, -0.2) is 4.98 Å². The van der Waals surface area contributed by atoms with Crippen molar-refractivity contribution in [1.29, 1.82) is 5.26 Å². The molecule has 0 saturated heterocycles. The number of aromatic nitrogens is 1. The van der Waals surface area contributed by atoms with Gasteiger partial charge in [0.15, 0.2) is 0 Å². The van der Waals surface area contributed by atoms with Crippen LogP contribution in [-0.4, -0.2) is 9.91 Å². The van der Waals surface area contributed by atoms with E-state index in [4.69, 9.17) is 16.9 Å². The summed E-state index contributed by atoms with van der Waals surface area (Å²) in [6.07, 6.45) is 0. The molecule has 1 heterocycles. The highest BCUT2D eigenvalue weighted by Gasteiger charge is 2.11. The summed E-state index contributed by atoms with van der Waals surface area (Å²) in [6, 6.07) is 11.1. The minimum Gasteiger partial charge on any atom is -0.258 e. The minimum atomic E-state index is -0.537. The molecule has 0 bridgehead atoms. The van der Waals surface area contributed by atoms with Crippen molar-refractivity contribution in [2.24, 2.45) is 0 Å². The predicted molar refractivity (Wildman–Crippen MR) is 66.1 cm³/mol. The molecule has 0 spiro atoms. The Balaban J connectivity index is 2.57. The van der Waals surface area contributed by atoms with Gasteiger partial charge in [0.05, 0.1) is 28.3 Å². The van der Waals surface area contributed by atoms with Gasteiger partial charge in [-0.05, 0) is 12.1 Å². The Labute approximate surface area is 107 Å². The first kappa shape index (κ1) is 12.0. The third kappa shape index (κ3) is 2.44. The van der Waals surface area contributed by atoms with Crippen LogP contribution in [-0.2, 0) is 0 Å². The van der Waals surface area contributed by atoms with Gasteiger partial charge in [0.2, 0.25) is 0 Å². The summed E-state index contributed by atoms with van der Waals surface area (Å²) in [5.74, 6) is 0. The number of pyridine rings is 1. The maximum absolute atomic E-state index is 10.7. The molecule has 0 fully saturated rings. The molecule has 1 aromatic heterocycles. The van der Waals surface area contributed by atoms with Crippen molar-refractivity contribution in [2.75, 3.05) is 0 Å². The molecule has 0 aliphatic heterocycles. The fourth-order valence-corrected chi connectivity index (χ4v) is 1.69.